The van der Waals surface area contributed by atoms with Gasteiger partial charge in [0.05, 0.1) is 23.9 Å². The molecule has 0 bridgehead atoms. The van der Waals surface area contributed by atoms with Gasteiger partial charge in [0.1, 0.15) is 0 Å². The molecule has 0 fully saturated rings. The van der Waals surface area contributed by atoms with Crippen LogP contribution in [0.15, 0.2) is 35.5 Å². The number of hydrogen-bond donors (Lipinski definition) is 1. The lowest BCUT2D eigenvalue weighted by Gasteiger charge is -2.31. The van der Waals surface area contributed by atoms with Gasteiger partial charge in [0.15, 0.2) is 0 Å². The van der Waals surface area contributed by atoms with E-state index in [0.29, 0.717) is 24.0 Å². The van der Waals surface area contributed by atoms with E-state index in [0.717, 1.165) is 24.2 Å². The lowest BCUT2D eigenvalue weighted by Crippen LogP contribution is -2.45. The summed E-state index contributed by atoms with van der Waals surface area (Å²) in [5.41, 5.74) is 3.76. The van der Waals surface area contributed by atoms with Crippen LogP contribution in [0.1, 0.15) is 57.2 Å². The first-order chi connectivity index (χ1) is 12.3. The minimum atomic E-state index is -0.369. The molecule has 1 aromatic rings. The number of carbonyl (C=O) groups excluding carboxylic acids is 2. The molecule has 2 heterocycles. The molecule has 1 atom stereocenters. The number of amides is 3. The Kier molecular flexibility index (Phi) is 5.08. The zero-order chi connectivity index (χ0) is 19.0. The largest absolute Gasteiger partial charge is 0.333 e. The quantitative estimate of drug-likeness (QED) is 0.876. The first-order valence-electron chi connectivity index (χ1n) is 9.46. The summed E-state index contributed by atoms with van der Waals surface area (Å²) in [7, 11) is 1.74. The number of likely N-dealkylation sites (N-methyl/N-ethyl adjacent to an activating group) is 1. The van der Waals surface area contributed by atoms with Crippen molar-refractivity contribution in [1.29, 1.82) is 0 Å². The first-order valence-corrected chi connectivity index (χ1v) is 9.46. The van der Waals surface area contributed by atoms with Crippen LogP contribution in [0, 0.1) is 5.92 Å². The van der Waals surface area contributed by atoms with Crippen molar-refractivity contribution >= 4 is 11.9 Å². The second-order valence-electron chi connectivity index (χ2n) is 8.03. The van der Waals surface area contributed by atoms with Crippen molar-refractivity contribution < 1.29 is 9.59 Å². The van der Waals surface area contributed by atoms with Gasteiger partial charge in [-0.05, 0) is 29.4 Å². The fourth-order valence-electron chi connectivity index (χ4n) is 3.54. The molecular formula is C21H29N3O2. The smallest absolute Gasteiger partial charge is 0.322 e. The summed E-state index contributed by atoms with van der Waals surface area (Å²) in [5.74, 6) is 1.04. The molecule has 1 aromatic carbocycles. The average molecular weight is 355 g/mol. The third-order valence-electron chi connectivity index (χ3n) is 5.35. The summed E-state index contributed by atoms with van der Waals surface area (Å²) in [6.45, 7) is 9.87. The average Bonchev–Trinajstić information content (AvgIpc) is 2.93. The molecule has 0 aromatic heterocycles. The summed E-state index contributed by atoms with van der Waals surface area (Å²) < 4.78 is 0. The Labute approximate surface area is 156 Å². The van der Waals surface area contributed by atoms with Crippen LogP contribution in [-0.4, -0.2) is 41.9 Å². The number of urea groups is 1. The van der Waals surface area contributed by atoms with Gasteiger partial charge in [0, 0.05) is 13.6 Å². The minimum Gasteiger partial charge on any atom is -0.333 e. The summed E-state index contributed by atoms with van der Waals surface area (Å²) in [6, 6.07) is 7.70. The van der Waals surface area contributed by atoms with E-state index < -0.39 is 0 Å². The van der Waals surface area contributed by atoms with Gasteiger partial charge < -0.3 is 10.2 Å². The molecule has 0 saturated heterocycles. The zero-order valence-corrected chi connectivity index (χ0v) is 16.4. The lowest BCUT2D eigenvalue weighted by molar-refractivity contribution is -0.125. The van der Waals surface area contributed by atoms with Crippen LogP contribution in [0.4, 0.5) is 4.79 Å². The van der Waals surface area contributed by atoms with Crippen molar-refractivity contribution in [3.8, 4) is 0 Å². The Hall–Kier alpha value is -2.30. The molecule has 0 spiro atoms. The van der Waals surface area contributed by atoms with E-state index in [1.54, 1.807) is 11.9 Å². The summed E-state index contributed by atoms with van der Waals surface area (Å²) in [5, 5.41) is 3.00. The van der Waals surface area contributed by atoms with Gasteiger partial charge in [-0.15, -0.1) is 0 Å². The van der Waals surface area contributed by atoms with Crippen molar-refractivity contribution in [3.05, 3.63) is 46.7 Å². The normalized spacial score (nSPS) is 20.3. The second-order valence-corrected chi connectivity index (χ2v) is 8.03. The van der Waals surface area contributed by atoms with Crippen molar-refractivity contribution in [2.75, 3.05) is 20.1 Å². The lowest BCUT2D eigenvalue weighted by atomic mass is 9.93. The van der Waals surface area contributed by atoms with E-state index in [1.165, 1.54) is 5.56 Å². The SMILES string of the molecule is CC(C)CCN1CC2=C(C1=O)C(c1ccc(C(C)C)cc1)NC(=O)N2C. The predicted octanol–water partition coefficient (Wildman–Crippen LogP) is 3.65. The summed E-state index contributed by atoms with van der Waals surface area (Å²) >= 11 is 0. The molecule has 1 N–H and O–H groups in total. The molecule has 0 radical (unpaired) electrons. The third kappa shape index (κ3) is 3.35. The molecule has 0 aliphatic carbocycles. The Balaban J connectivity index is 1.91. The standard InChI is InChI=1S/C21H29N3O2/c1-13(2)10-11-24-12-17-18(20(24)25)19(22-21(26)23(17)5)16-8-6-15(7-9-16)14(3)4/h6-9,13-14,19H,10-12H2,1-5H3,(H,22,26). The summed E-state index contributed by atoms with van der Waals surface area (Å²) in [6.07, 6.45) is 0.963. The van der Waals surface area contributed by atoms with Gasteiger partial charge in [-0.1, -0.05) is 52.0 Å². The van der Waals surface area contributed by atoms with Gasteiger partial charge in [0.2, 0.25) is 0 Å². The highest BCUT2D eigenvalue weighted by molar-refractivity contribution is 6.01. The van der Waals surface area contributed by atoms with Gasteiger partial charge in [0.25, 0.3) is 5.91 Å². The number of hydrogen-bond acceptors (Lipinski definition) is 2. The molecule has 3 amide bonds. The van der Waals surface area contributed by atoms with Crippen molar-refractivity contribution in [3.63, 3.8) is 0 Å². The van der Waals surface area contributed by atoms with Crippen LogP contribution in [0.25, 0.3) is 0 Å². The Bertz CT molecular complexity index is 734. The maximum Gasteiger partial charge on any atom is 0.322 e. The molecule has 5 nitrogen and oxygen atoms in total. The topological polar surface area (TPSA) is 52.7 Å². The van der Waals surface area contributed by atoms with E-state index in [-0.39, 0.29) is 18.0 Å². The zero-order valence-electron chi connectivity index (χ0n) is 16.4. The van der Waals surface area contributed by atoms with Crippen molar-refractivity contribution in [1.82, 2.24) is 15.1 Å². The van der Waals surface area contributed by atoms with Crippen molar-refractivity contribution in [2.24, 2.45) is 5.92 Å². The van der Waals surface area contributed by atoms with E-state index in [2.05, 4.69) is 45.1 Å². The van der Waals surface area contributed by atoms with E-state index in [4.69, 9.17) is 0 Å². The summed E-state index contributed by atoms with van der Waals surface area (Å²) in [4.78, 5) is 28.9. The highest BCUT2D eigenvalue weighted by atomic mass is 16.2. The van der Waals surface area contributed by atoms with Gasteiger partial charge in [-0.25, -0.2) is 4.79 Å². The molecule has 1 unspecified atom stereocenters. The van der Waals surface area contributed by atoms with Gasteiger partial charge >= 0.3 is 6.03 Å². The van der Waals surface area contributed by atoms with Crippen LogP contribution in [0.3, 0.4) is 0 Å². The number of carbonyl (C=O) groups is 2. The molecule has 0 saturated carbocycles. The van der Waals surface area contributed by atoms with Gasteiger partial charge in [-0.3, -0.25) is 9.69 Å². The molecule has 2 aliphatic heterocycles. The predicted molar refractivity (Wildman–Crippen MR) is 103 cm³/mol. The van der Waals surface area contributed by atoms with E-state index in [9.17, 15) is 9.59 Å². The van der Waals surface area contributed by atoms with Crippen LogP contribution >= 0.6 is 0 Å². The first kappa shape index (κ1) is 18.5. The fourth-order valence-corrected chi connectivity index (χ4v) is 3.54. The number of rotatable bonds is 5. The molecule has 3 rings (SSSR count). The van der Waals surface area contributed by atoms with Crippen LogP contribution in [-0.2, 0) is 4.79 Å². The van der Waals surface area contributed by atoms with Crippen LogP contribution in [0.2, 0.25) is 0 Å². The Morgan fingerprint density at radius 2 is 1.77 bits per heavy atom. The van der Waals surface area contributed by atoms with E-state index in [1.807, 2.05) is 17.0 Å². The monoisotopic (exact) mass is 355 g/mol. The highest BCUT2D eigenvalue weighted by Gasteiger charge is 2.42. The van der Waals surface area contributed by atoms with Crippen LogP contribution < -0.4 is 5.32 Å². The molecular weight excluding hydrogens is 326 g/mol. The van der Waals surface area contributed by atoms with Crippen molar-refractivity contribution in [2.45, 2.75) is 46.1 Å². The maximum absolute atomic E-state index is 13.1. The van der Waals surface area contributed by atoms with E-state index >= 15 is 0 Å². The van der Waals surface area contributed by atoms with Crippen LogP contribution in [0.5, 0.6) is 0 Å². The molecule has 5 heteroatoms. The number of nitrogens with zero attached hydrogens (tertiary/aromatic N) is 2. The molecule has 140 valence electrons. The number of benzene rings is 1. The Morgan fingerprint density at radius 1 is 1.12 bits per heavy atom. The molecule has 26 heavy (non-hydrogen) atoms. The second kappa shape index (κ2) is 7.14. The maximum atomic E-state index is 13.1. The Morgan fingerprint density at radius 3 is 2.35 bits per heavy atom. The number of nitrogens with one attached hydrogen (secondary N) is 1. The highest BCUT2D eigenvalue weighted by Crippen LogP contribution is 2.36. The third-order valence-corrected chi connectivity index (χ3v) is 5.35. The molecule has 2 aliphatic rings. The fraction of sp³-hybridized carbons (Fsp3) is 0.524. The minimum absolute atomic E-state index is 0.0467. The van der Waals surface area contributed by atoms with Gasteiger partial charge in [-0.2, -0.15) is 0 Å².